The summed E-state index contributed by atoms with van der Waals surface area (Å²) < 4.78 is 5.45. The Labute approximate surface area is 139 Å². The first-order valence-corrected chi connectivity index (χ1v) is 8.49. The lowest BCUT2D eigenvalue weighted by atomic mass is 10.2. The van der Waals surface area contributed by atoms with Gasteiger partial charge < -0.3 is 15.4 Å². The van der Waals surface area contributed by atoms with Gasteiger partial charge in [0.15, 0.2) is 0 Å². The predicted octanol–water partition coefficient (Wildman–Crippen LogP) is 0.481. The lowest BCUT2D eigenvalue weighted by molar-refractivity contribution is -0.125. The Morgan fingerprint density at radius 2 is 2.13 bits per heavy atom. The molecule has 23 heavy (non-hydrogen) atoms. The number of aromatic nitrogens is 2. The third-order valence-electron chi connectivity index (χ3n) is 3.86. The van der Waals surface area contributed by atoms with Gasteiger partial charge in [-0.15, -0.1) is 10.2 Å². The van der Waals surface area contributed by atoms with Crippen LogP contribution in [0.4, 0.5) is 5.13 Å². The number of hydrogen-bond acceptors (Lipinski definition) is 7. The summed E-state index contributed by atoms with van der Waals surface area (Å²) >= 11 is 1.24. The number of nitrogens with one attached hydrogen (secondary N) is 2. The molecule has 1 fully saturated rings. The fraction of sp³-hybridized carbons (Fsp3) is 0.714. The maximum absolute atomic E-state index is 12.1. The van der Waals surface area contributed by atoms with Gasteiger partial charge in [-0.1, -0.05) is 11.3 Å². The largest absolute Gasteiger partial charge is 0.378 e. The molecule has 1 aliphatic rings. The van der Waals surface area contributed by atoms with Gasteiger partial charge in [-0.25, -0.2) is 0 Å². The first kappa shape index (κ1) is 17.8. The average molecular weight is 341 g/mol. The van der Waals surface area contributed by atoms with E-state index >= 15 is 0 Å². The van der Waals surface area contributed by atoms with Crippen LogP contribution in [0.5, 0.6) is 0 Å². The second-order valence-electron chi connectivity index (χ2n) is 5.79. The molecule has 2 atom stereocenters. The minimum Gasteiger partial charge on any atom is -0.378 e. The van der Waals surface area contributed by atoms with Crippen molar-refractivity contribution < 1.29 is 14.3 Å². The molecule has 1 saturated heterocycles. The highest BCUT2D eigenvalue weighted by Crippen LogP contribution is 2.16. The van der Waals surface area contributed by atoms with Crippen molar-refractivity contribution in [1.82, 2.24) is 20.4 Å². The van der Waals surface area contributed by atoms with Gasteiger partial charge in [-0.05, 0) is 13.8 Å². The number of carbonyl (C=O) groups excluding carboxylic acids is 2. The fourth-order valence-electron chi connectivity index (χ4n) is 2.52. The van der Waals surface area contributed by atoms with E-state index in [4.69, 9.17) is 4.74 Å². The molecule has 9 heteroatoms. The second kappa shape index (κ2) is 8.32. The summed E-state index contributed by atoms with van der Waals surface area (Å²) in [6.07, 6.45) is 0.236. The molecule has 0 unspecified atom stereocenters. The number of rotatable bonds is 7. The van der Waals surface area contributed by atoms with Crippen LogP contribution in [0.15, 0.2) is 5.51 Å². The number of amides is 2. The van der Waals surface area contributed by atoms with E-state index in [0.29, 0.717) is 11.2 Å². The van der Waals surface area contributed by atoms with Crippen LogP contribution in [0.25, 0.3) is 0 Å². The van der Waals surface area contributed by atoms with Gasteiger partial charge in [0, 0.05) is 39.1 Å². The van der Waals surface area contributed by atoms with Crippen molar-refractivity contribution in [2.45, 2.75) is 44.9 Å². The zero-order valence-electron chi connectivity index (χ0n) is 13.6. The Morgan fingerprint density at radius 1 is 1.39 bits per heavy atom. The lowest BCUT2D eigenvalue weighted by Crippen LogP contribution is -2.43. The molecule has 0 aliphatic carbocycles. The lowest BCUT2D eigenvalue weighted by Gasteiger charge is -2.20. The summed E-state index contributed by atoms with van der Waals surface area (Å²) in [6.45, 7) is 5.80. The highest BCUT2D eigenvalue weighted by Gasteiger charge is 2.34. The van der Waals surface area contributed by atoms with E-state index in [-0.39, 0.29) is 36.8 Å². The highest BCUT2D eigenvalue weighted by molar-refractivity contribution is 7.13. The first-order chi connectivity index (χ1) is 11.0. The molecule has 0 spiro atoms. The van der Waals surface area contributed by atoms with E-state index < -0.39 is 0 Å². The normalized spacial score (nSPS) is 21.6. The van der Waals surface area contributed by atoms with E-state index in [0.717, 1.165) is 13.1 Å². The maximum Gasteiger partial charge on any atom is 0.226 e. The molecule has 2 heterocycles. The minimum atomic E-state index is -0.240. The van der Waals surface area contributed by atoms with Crippen LogP contribution in [-0.4, -0.2) is 65.3 Å². The average Bonchev–Trinajstić information content (AvgIpc) is 3.14. The summed E-state index contributed by atoms with van der Waals surface area (Å²) in [7, 11) is 1.66. The summed E-state index contributed by atoms with van der Waals surface area (Å²) in [5.41, 5.74) is 1.54. The van der Waals surface area contributed by atoms with Gasteiger partial charge in [0.1, 0.15) is 5.51 Å². The monoisotopic (exact) mass is 341 g/mol. The number of methoxy groups -OCH3 is 1. The van der Waals surface area contributed by atoms with Crippen molar-refractivity contribution in [3.05, 3.63) is 5.51 Å². The van der Waals surface area contributed by atoms with Crippen LogP contribution < -0.4 is 10.6 Å². The zero-order chi connectivity index (χ0) is 16.8. The number of nitrogens with zero attached hydrogens (tertiary/aromatic N) is 3. The van der Waals surface area contributed by atoms with Crippen LogP contribution >= 0.6 is 11.3 Å². The molecule has 128 valence electrons. The van der Waals surface area contributed by atoms with Crippen LogP contribution in [-0.2, 0) is 14.3 Å². The summed E-state index contributed by atoms with van der Waals surface area (Å²) in [6, 6.07) is 0.369. The molecule has 0 saturated carbocycles. The zero-order valence-corrected chi connectivity index (χ0v) is 14.4. The van der Waals surface area contributed by atoms with Crippen molar-refractivity contribution in [3.63, 3.8) is 0 Å². The van der Waals surface area contributed by atoms with Crippen LogP contribution in [0, 0.1) is 0 Å². The van der Waals surface area contributed by atoms with Gasteiger partial charge in [0.05, 0.1) is 12.1 Å². The quantitative estimate of drug-likeness (QED) is 0.749. The van der Waals surface area contributed by atoms with Crippen molar-refractivity contribution >= 4 is 28.3 Å². The molecule has 1 aliphatic heterocycles. The summed E-state index contributed by atoms with van der Waals surface area (Å²) in [4.78, 5) is 26.0. The molecular weight excluding hydrogens is 318 g/mol. The minimum absolute atomic E-state index is 0.0171. The topological polar surface area (TPSA) is 96.5 Å². The van der Waals surface area contributed by atoms with Gasteiger partial charge in [0.25, 0.3) is 0 Å². The molecule has 0 aromatic carbocycles. The van der Waals surface area contributed by atoms with Crippen molar-refractivity contribution in [2.75, 3.05) is 25.5 Å². The predicted molar refractivity (Wildman–Crippen MR) is 87.2 cm³/mol. The number of ether oxygens (including phenoxy) is 1. The van der Waals surface area contributed by atoms with E-state index in [2.05, 4.69) is 39.6 Å². The number of carbonyl (C=O) groups is 2. The molecule has 8 nitrogen and oxygen atoms in total. The van der Waals surface area contributed by atoms with Gasteiger partial charge in [-0.3, -0.25) is 14.5 Å². The van der Waals surface area contributed by atoms with Gasteiger partial charge in [0.2, 0.25) is 16.9 Å². The molecule has 0 bridgehead atoms. The van der Waals surface area contributed by atoms with Crippen molar-refractivity contribution in [1.29, 1.82) is 0 Å². The van der Waals surface area contributed by atoms with Crippen LogP contribution in [0.1, 0.15) is 26.7 Å². The van der Waals surface area contributed by atoms with Crippen molar-refractivity contribution in [3.8, 4) is 0 Å². The Kier molecular flexibility index (Phi) is 6.43. The smallest absolute Gasteiger partial charge is 0.226 e. The van der Waals surface area contributed by atoms with E-state index in [1.165, 1.54) is 16.8 Å². The SMILES string of the molecule is CO[C@H]1CN(C(C)C)C[C@@H]1NC(=O)CCC(=O)Nc1nncs1. The highest BCUT2D eigenvalue weighted by atomic mass is 32.1. The molecule has 2 rings (SSSR count). The molecule has 0 radical (unpaired) electrons. The third kappa shape index (κ3) is 5.22. The molecule has 2 amide bonds. The number of hydrogen-bond donors (Lipinski definition) is 2. The van der Waals surface area contributed by atoms with E-state index in [9.17, 15) is 9.59 Å². The Bertz CT molecular complexity index is 522. The number of likely N-dealkylation sites (tertiary alicyclic amines) is 1. The molecule has 2 N–H and O–H groups in total. The summed E-state index contributed by atoms with van der Waals surface area (Å²) in [5, 5.41) is 13.4. The van der Waals surface area contributed by atoms with Crippen LogP contribution in [0.3, 0.4) is 0 Å². The molecule has 1 aromatic heterocycles. The molecule has 1 aromatic rings. The molecular formula is C14H23N5O3S. The van der Waals surface area contributed by atoms with Gasteiger partial charge in [-0.2, -0.15) is 0 Å². The Balaban J connectivity index is 1.74. The second-order valence-corrected chi connectivity index (χ2v) is 6.62. The Morgan fingerprint density at radius 3 is 2.74 bits per heavy atom. The first-order valence-electron chi connectivity index (χ1n) is 7.61. The van der Waals surface area contributed by atoms with Gasteiger partial charge >= 0.3 is 0 Å². The van der Waals surface area contributed by atoms with Crippen molar-refractivity contribution in [2.24, 2.45) is 0 Å². The standard InChI is InChI=1S/C14H23N5O3S/c1-9(2)19-6-10(11(7-19)22-3)16-12(20)4-5-13(21)17-14-18-15-8-23-14/h8-11H,4-7H2,1-3H3,(H,16,20)(H,17,18,21)/t10-,11-/m0/s1. The van der Waals surface area contributed by atoms with Crippen LogP contribution in [0.2, 0.25) is 0 Å². The van der Waals surface area contributed by atoms with E-state index in [1.54, 1.807) is 7.11 Å². The Hall–Kier alpha value is -1.58. The van der Waals surface area contributed by atoms with E-state index in [1.807, 2.05) is 0 Å². The number of anilines is 1. The third-order valence-corrected chi connectivity index (χ3v) is 4.47. The fourth-order valence-corrected chi connectivity index (χ4v) is 2.98. The summed E-state index contributed by atoms with van der Waals surface area (Å²) in [5.74, 6) is -0.384. The maximum atomic E-state index is 12.1.